The van der Waals surface area contributed by atoms with Crippen LogP contribution in [0.1, 0.15) is 71.9 Å². The maximum absolute atomic E-state index is 7.29. The molecule has 1 saturated heterocycles. The summed E-state index contributed by atoms with van der Waals surface area (Å²) in [6.07, 6.45) is 22.2. The van der Waals surface area contributed by atoms with E-state index in [-0.39, 0.29) is 0 Å². The van der Waals surface area contributed by atoms with Crippen LogP contribution in [0.5, 0.6) is 11.5 Å². The number of aromatic nitrogens is 2. The lowest BCUT2D eigenvalue weighted by Crippen LogP contribution is -2.60. The summed E-state index contributed by atoms with van der Waals surface area (Å²) in [5.74, 6) is 1.82. The lowest BCUT2D eigenvalue weighted by Gasteiger charge is -2.29. The van der Waals surface area contributed by atoms with Gasteiger partial charge >= 0.3 is 6.03 Å². The van der Waals surface area contributed by atoms with Crippen LogP contribution in [0.25, 0.3) is 22.3 Å². The molecule has 1 spiro atoms. The van der Waals surface area contributed by atoms with Crippen molar-refractivity contribution in [1.82, 2.24) is 0 Å². The molecule has 57 heavy (non-hydrogen) atoms. The van der Waals surface area contributed by atoms with E-state index in [1.54, 1.807) is 0 Å². The van der Waals surface area contributed by atoms with E-state index in [9.17, 15) is 0 Å². The highest BCUT2D eigenvalue weighted by atomic mass is 16.7. The molecule has 6 heteroatoms. The number of nitrogens with zero attached hydrogens (tertiary/aromatic N) is 4. The van der Waals surface area contributed by atoms with Gasteiger partial charge in [0.05, 0.1) is 11.1 Å². The summed E-state index contributed by atoms with van der Waals surface area (Å²) < 4.78 is 24.0. The highest BCUT2D eigenvalue weighted by molar-refractivity contribution is 5.88. The third-order valence-electron chi connectivity index (χ3n) is 12.6. The zero-order valence-electron chi connectivity index (χ0n) is 33.2. The first-order chi connectivity index (χ1) is 28.0. The van der Waals surface area contributed by atoms with Gasteiger partial charge in [0.25, 0.3) is 0 Å². The van der Waals surface area contributed by atoms with E-state index in [1.165, 1.54) is 46.2 Å². The minimum absolute atomic E-state index is 0.298. The molecular formula is C51H52N4O2+4. The maximum atomic E-state index is 7.29. The SMILES string of the molecule is Cc1cc(-c2ccccc2CCC[n+]2ccccc2)cc2c1OC13Oc4c(C)cc(-c5ccccc5CCC[n+]5ccccc5)cc4C=[N+]1C1CCCCC1[N+]3=C2. The van der Waals surface area contributed by atoms with Crippen molar-refractivity contribution in [3.8, 4) is 33.8 Å². The number of benzene rings is 4. The summed E-state index contributed by atoms with van der Waals surface area (Å²) in [4.78, 5) is 0. The van der Waals surface area contributed by atoms with Crippen molar-refractivity contribution in [2.24, 2.45) is 0 Å². The fourth-order valence-corrected chi connectivity index (χ4v) is 9.94. The van der Waals surface area contributed by atoms with E-state index in [0.717, 1.165) is 85.4 Å². The van der Waals surface area contributed by atoms with E-state index in [0.29, 0.717) is 12.1 Å². The Balaban J connectivity index is 0.978. The van der Waals surface area contributed by atoms with Crippen molar-refractivity contribution in [1.29, 1.82) is 0 Å². The number of rotatable bonds is 10. The van der Waals surface area contributed by atoms with Crippen LogP contribution in [0.15, 0.2) is 134 Å². The zero-order valence-corrected chi connectivity index (χ0v) is 33.2. The van der Waals surface area contributed by atoms with Crippen LogP contribution in [0.4, 0.5) is 0 Å². The predicted octanol–water partition coefficient (Wildman–Crippen LogP) is 8.76. The van der Waals surface area contributed by atoms with Gasteiger partial charge in [0.15, 0.2) is 48.7 Å². The molecule has 3 aliphatic heterocycles. The molecule has 6 nitrogen and oxygen atoms in total. The molecule has 0 N–H and O–H groups in total. The third-order valence-corrected chi connectivity index (χ3v) is 12.6. The van der Waals surface area contributed by atoms with E-state index in [1.807, 2.05) is 0 Å². The average molecular weight is 753 g/mol. The van der Waals surface area contributed by atoms with Crippen LogP contribution in [-0.2, 0) is 25.9 Å². The first kappa shape index (κ1) is 35.5. The lowest BCUT2D eigenvalue weighted by atomic mass is 9.90. The van der Waals surface area contributed by atoms with Gasteiger partial charge in [0, 0.05) is 49.9 Å². The van der Waals surface area contributed by atoms with Gasteiger partial charge in [-0.15, -0.1) is 0 Å². The topological polar surface area (TPSA) is 32.2 Å². The Morgan fingerprint density at radius 3 is 1.44 bits per heavy atom. The summed E-state index contributed by atoms with van der Waals surface area (Å²) in [6, 6.07) is 39.2. The fourth-order valence-electron chi connectivity index (χ4n) is 9.94. The number of hydrogen-bond donors (Lipinski definition) is 0. The second-order valence-corrected chi connectivity index (χ2v) is 16.4. The highest BCUT2D eigenvalue weighted by Gasteiger charge is 2.76. The minimum atomic E-state index is -1.06. The Morgan fingerprint density at radius 1 is 0.544 bits per heavy atom. The monoisotopic (exact) mass is 752 g/mol. The van der Waals surface area contributed by atoms with Gasteiger partial charge in [-0.25, -0.2) is 9.13 Å². The summed E-state index contributed by atoms with van der Waals surface area (Å²) in [5.41, 5.74) is 12.3. The Bertz CT molecular complexity index is 2350. The van der Waals surface area contributed by atoms with Crippen molar-refractivity contribution < 1.29 is 27.8 Å². The highest BCUT2D eigenvalue weighted by Crippen LogP contribution is 2.47. The van der Waals surface area contributed by atoms with Crippen LogP contribution >= 0.6 is 0 Å². The van der Waals surface area contributed by atoms with E-state index in [2.05, 4.69) is 179 Å². The fraction of sp³-hybridized carbons (Fsp3) is 0.294. The van der Waals surface area contributed by atoms with Crippen LogP contribution in [0.2, 0.25) is 0 Å². The Morgan fingerprint density at radius 2 is 0.982 bits per heavy atom. The molecule has 1 saturated carbocycles. The predicted molar refractivity (Wildman–Crippen MR) is 224 cm³/mol. The molecule has 10 rings (SSSR count). The molecule has 2 unspecified atom stereocenters. The van der Waals surface area contributed by atoms with Gasteiger partial charge in [0.1, 0.15) is 13.1 Å². The molecule has 2 atom stereocenters. The summed E-state index contributed by atoms with van der Waals surface area (Å²) in [5, 5.41) is 0. The molecule has 4 aliphatic rings. The normalized spacial score (nSPS) is 20.1. The standard InChI is InChI=1S/C51H52N4O2/c1-37-31-41(45-21-7-5-17-39(45)19-15-29-52-25-11-3-12-26-52)33-43-35-54-47-23-9-10-24-48(47)55-36-44-34-42(32-38(2)50(44)57-51(54,55)56-49(37)43)46-22-8-6-18-40(46)20-16-30-53-27-13-4-14-28-53/h3-8,11-14,17-18,21-22,25-28,31-36,47-48H,9-10,15-16,19-20,23-24,29-30H2,1-2H3/q+4. The van der Waals surface area contributed by atoms with Gasteiger partial charge in [-0.05, 0) is 108 Å². The smallest absolute Gasteiger partial charge is 0.340 e. The zero-order chi connectivity index (χ0) is 38.3. The molecule has 4 aromatic carbocycles. The molecule has 284 valence electrons. The summed E-state index contributed by atoms with van der Waals surface area (Å²) in [6.45, 7) is 6.38. The van der Waals surface area contributed by atoms with E-state index >= 15 is 0 Å². The minimum Gasteiger partial charge on any atom is -0.340 e. The molecule has 5 heterocycles. The average Bonchev–Trinajstić information content (AvgIpc) is 3.52. The van der Waals surface area contributed by atoms with E-state index in [4.69, 9.17) is 9.47 Å². The molecular weight excluding hydrogens is 701 g/mol. The molecule has 6 aromatic rings. The van der Waals surface area contributed by atoms with Crippen LogP contribution in [0, 0.1) is 13.8 Å². The van der Waals surface area contributed by atoms with Crippen LogP contribution in [0.3, 0.4) is 0 Å². The molecule has 0 amide bonds. The Labute approximate surface area is 336 Å². The van der Waals surface area contributed by atoms with Crippen molar-refractivity contribution in [3.63, 3.8) is 0 Å². The van der Waals surface area contributed by atoms with Gasteiger partial charge in [-0.1, -0.05) is 69.8 Å². The number of hydrogen-bond acceptors (Lipinski definition) is 2. The lowest BCUT2D eigenvalue weighted by molar-refractivity contribution is -0.866. The van der Waals surface area contributed by atoms with Gasteiger partial charge < -0.3 is 9.47 Å². The first-order valence-corrected chi connectivity index (χ1v) is 21.0. The van der Waals surface area contributed by atoms with Gasteiger partial charge in [-0.3, -0.25) is 0 Å². The van der Waals surface area contributed by atoms with Gasteiger partial charge in [-0.2, -0.15) is 0 Å². The second kappa shape index (κ2) is 14.9. The van der Waals surface area contributed by atoms with E-state index < -0.39 is 6.03 Å². The number of ether oxygens (including phenoxy) is 2. The second-order valence-electron chi connectivity index (χ2n) is 16.4. The quantitative estimate of drug-likeness (QED) is 0.131. The molecule has 0 bridgehead atoms. The van der Waals surface area contributed by atoms with Crippen LogP contribution < -0.4 is 18.6 Å². The molecule has 2 aromatic heterocycles. The van der Waals surface area contributed by atoms with Crippen molar-refractivity contribution >= 4 is 12.4 Å². The number of pyridine rings is 2. The van der Waals surface area contributed by atoms with Crippen molar-refractivity contribution in [2.75, 3.05) is 0 Å². The third kappa shape index (κ3) is 6.55. The Kier molecular flexibility index (Phi) is 9.28. The summed E-state index contributed by atoms with van der Waals surface area (Å²) >= 11 is 0. The Hall–Kier alpha value is -5.88. The molecule has 2 fully saturated rings. The number of aryl methyl sites for hydroxylation is 6. The molecule has 1 aliphatic carbocycles. The van der Waals surface area contributed by atoms with Crippen molar-refractivity contribution in [2.45, 2.75) is 96.4 Å². The van der Waals surface area contributed by atoms with Crippen LogP contribution in [-0.4, -0.2) is 39.7 Å². The largest absolute Gasteiger partial charge is 0.704 e. The number of fused-ring (bicyclic) bond motifs is 5. The first-order valence-electron chi connectivity index (χ1n) is 21.0. The van der Waals surface area contributed by atoms with Gasteiger partial charge in [0.2, 0.25) is 12.1 Å². The van der Waals surface area contributed by atoms with Crippen molar-refractivity contribution in [3.05, 3.63) is 167 Å². The maximum Gasteiger partial charge on any atom is 0.704 e. The summed E-state index contributed by atoms with van der Waals surface area (Å²) in [7, 11) is 0. The molecule has 0 radical (unpaired) electrons.